The lowest BCUT2D eigenvalue weighted by Crippen LogP contribution is -2.45. The molecule has 4 nitrogen and oxygen atoms in total. The van der Waals surface area contributed by atoms with E-state index < -0.39 is 11.9 Å². The summed E-state index contributed by atoms with van der Waals surface area (Å²) in [6.45, 7) is 1.37. The number of esters is 1. The molecule has 2 rings (SSSR count). The third-order valence-corrected chi connectivity index (χ3v) is 2.57. The number of morpholine rings is 1. The highest BCUT2D eigenvalue weighted by Crippen LogP contribution is 2.05. The van der Waals surface area contributed by atoms with Gasteiger partial charge in [-0.05, 0) is 12.0 Å². The van der Waals surface area contributed by atoms with Gasteiger partial charge >= 0.3 is 11.9 Å². The maximum absolute atomic E-state index is 11.4. The van der Waals surface area contributed by atoms with Gasteiger partial charge in [0.05, 0.1) is 6.54 Å². The number of hydrogen-bond donors (Lipinski definition) is 0. The molecular formula is C12H13NO3. The third-order valence-electron chi connectivity index (χ3n) is 2.57. The van der Waals surface area contributed by atoms with Gasteiger partial charge in [0.25, 0.3) is 0 Å². The number of benzene rings is 1. The van der Waals surface area contributed by atoms with Crippen LogP contribution in [0, 0.1) is 0 Å². The number of carbonyl (C=O) groups is 2. The Morgan fingerprint density at radius 3 is 2.69 bits per heavy atom. The van der Waals surface area contributed by atoms with Crippen LogP contribution in [0.5, 0.6) is 0 Å². The molecule has 4 heteroatoms. The van der Waals surface area contributed by atoms with Crippen LogP contribution in [0.25, 0.3) is 0 Å². The van der Waals surface area contributed by atoms with Crippen molar-refractivity contribution >= 4 is 11.9 Å². The first-order chi connectivity index (χ1) is 7.77. The van der Waals surface area contributed by atoms with E-state index in [0.29, 0.717) is 19.7 Å². The molecule has 1 amide bonds. The van der Waals surface area contributed by atoms with E-state index in [2.05, 4.69) is 4.74 Å². The van der Waals surface area contributed by atoms with Crippen molar-refractivity contribution in [2.24, 2.45) is 0 Å². The molecule has 0 saturated carbocycles. The Hall–Kier alpha value is -1.84. The molecule has 1 aromatic carbocycles. The predicted octanol–water partition coefficient (Wildman–Crippen LogP) is 0.614. The summed E-state index contributed by atoms with van der Waals surface area (Å²) in [7, 11) is 0. The fourth-order valence-corrected chi connectivity index (χ4v) is 1.66. The number of nitrogens with zero attached hydrogens (tertiary/aromatic N) is 1. The second-order valence-corrected chi connectivity index (χ2v) is 3.66. The van der Waals surface area contributed by atoms with Gasteiger partial charge in [-0.3, -0.25) is 4.79 Å². The standard InChI is InChI=1S/C12H13NO3/c14-11-12(15)16-9-8-13(11)7-6-10-4-2-1-3-5-10/h1-5H,6-9H2. The minimum atomic E-state index is -0.737. The van der Waals surface area contributed by atoms with E-state index in [4.69, 9.17) is 0 Å². The summed E-state index contributed by atoms with van der Waals surface area (Å²) < 4.78 is 4.64. The number of rotatable bonds is 3. The lowest BCUT2D eigenvalue weighted by molar-refractivity contribution is -0.166. The minimum Gasteiger partial charge on any atom is -0.457 e. The van der Waals surface area contributed by atoms with E-state index >= 15 is 0 Å². The van der Waals surface area contributed by atoms with Crippen molar-refractivity contribution in [3.8, 4) is 0 Å². The van der Waals surface area contributed by atoms with Crippen LogP contribution in [-0.4, -0.2) is 36.5 Å². The van der Waals surface area contributed by atoms with E-state index in [1.807, 2.05) is 30.3 Å². The molecule has 1 heterocycles. The first kappa shape index (κ1) is 10.7. The molecule has 0 bridgehead atoms. The molecular weight excluding hydrogens is 206 g/mol. The average Bonchev–Trinajstić information content (AvgIpc) is 2.32. The summed E-state index contributed by atoms with van der Waals surface area (Å²) in [6.07, 6.45) is 0.764. The number of ether oxygens (including phenoxy) is 1. The van der Waals surface area contributed by atoms with Crippen LogP contribution in [0.3, 0.4) is 0 Å². The second-order valence-electron chi connectivity index (χ2n) is 3.66. The topological polar surface area (TPSA) is 46.6 Å². The fraction of sp³-hybridized carbons (Fsp3) is 0.333. The smallest absolute Gasteiger partial charge is 0.397 e. The number of cyclic esters (lactones) is 1. The summed E-state index contributed by atoms with van der Waals surface area (Å²) in [4.78, 5) is 23.9. The first-order valence-corrected chi connectivity index (χ1v) is 5.27. The summed E-state index contributed by atoms with van der Waals surface area (Å²) in [6, 6.07) is 9.88. The van der Waals surface area contributed by atoms with Crippen molar-refractivity contribution in [1.29, 1.82) is 0 Å². The number of carbonyl (C=O) groups excluding carboxylic acids is 2. The molecule has 0 N–H and O–H groups in total. The minimum absolute atomic E-state index is 0.305. The lowest BCUT2D eigenvalue weighted by atomic mass is 10.1. The van der Waals surface area contributed by atoms with Crippen LogP contribution in [0.1, 0.15) is 5.56 Å². The van der Waals surface area contributed by atoms with Crippen LogP contribution in [-0.2, 0) is 20.7 Å². The third kappa shape index (κ3) is 2.39. The second kappa shape index (κ2) is 4.79. The quantitative estimate of drug-likeness (QED) is 0.553. The van der Waals surface area contributed by atoms with Crippen molar-refractivity contribution in [1.82, 2.24) is 4.90 Å². The van der Waals surface area contributed by atoms with Crippen molar-refractivity contribution in [2.45, 2.75) is 6.42 Å². The maximum Gasteiger partial charge on any atom is 0.397 e. The SMILES string of the molecule is O=C1OCCN(CCc2ccccc2)C1=O. The molecule has 1 aromatic rings. The highest BCUT2D eigenvalue weighted by Gasteiger charge is 2.27. The maximum atomic E-state index is 11.4. The zero-order valence-corrected chi connectivity index (χ0v) is 8.89. The molecule has 1 fully saturated rings. The largest absolute Gasteiger partial charge is 0.457 e. The molecule has 0 atom stereocenters. The Bertz CT molecular complexity index is 389. The zero-order chi connectivity index (χ0) is 11.4. The number of amides is 1. The fourth-order valence-electron chi connectivity index (χ4n) is 1.66. The van der Waals surface area contributed by atoms with Crippen LogP contribution in [0.15, 0.2) is 30.3 Å². The Balaban J connectivity index is 1.90. The zero-order valence-electron chi connectivity index (χ0n) is 8.89. The van der Waals surface area contributed by atoms with Crippen LogP contribution in [0.2, 0.25) is 0 Å². The molecule has 16 heavy (non-hydrogen) atoms. The highest BCUT2D eigenvalue weighted by atomic mass is 16.5. The molecule has 1 aliphatic rings. The molecule has 0 aromatic heterocycles. The Kier molecular flexibility index (Phi) is 3.19. The van der Waals surface area contributed by atoms with Gasteiger partial charge in [0.15, 0.2) is 0 Å². The Labute approximate surface area is 93.8 Å². The van der Waals surface area contributed by atoms with Gasteiger partial charge < -0.3 is 9.64 Å². The molecule has 0 unspecified atom stereocenters. The molecule has 1 saturated heterocycles. The van der Waals surface area contributed by atoms with Crippen molar-refractivity contribution < 1.29 is 14.3 Å². The van der Waals surface area contributed by atoms with Gasteiger partial charge in [-0.15, -0.1) is 0 Å². The average molecular weight is 219 g/mol. The number of hydrogen-bond acceptors (Lipinski definition) is 3. The predicted molar refractivity (Wildman–Crippen MR) is 57.7 cm³/mol. The van der Waals surface area contributed by atoms with Crippen molar-refractivity contribution in [3.05, 3.63) is 35.9 Å². The first-order valence-electron chi connectivity index (χ1n) is 5.27. The Morgan fingerprint density at radius 1 is 1.19 bits per heavy atom. The van der Waals surface area contributed by atoms with Gasteiger partial charge in [-0.1, -0.05) is 30.3 Å². The normalized spacial score (nSPS) is 16.1. The van der Waals surface area contributed by atoms with Crippen molar-refractivity contribution in [3.63, 3.8) is 0 Å². The highest BCUT2D eigenvalue weighted by molar-refractivity contribution is 6.32. The Morgan fingerprint density at radius 2 is 1.94 bits per heavy atom. The van der Waals surface area contributed by atoms with Crippen LogP contribution in [0.4, 0.5) is 0 Å². The summed E-state index contributed by atoms with van der Waals surface area (Å²) >= 11 is 0. The van der Waals surface area contributed by atoms with E-state index in [1.165, 1.54) is 0 Å². The molecule has 0 spiro atoms. The van der Waals surface area contributed by atoms with E-state index in [-0.39, 0.29) is 0 Å². The van der Waals surface area contributed by atoms with Gasteiger partial charge in [-0.25, -0.2) is 4.79 Å². The van der Waals surface area contributed by atoms with Crippen LogP contribution >= 0.6 is 0 Å². The molecule has 0 radical (unpaired) electrons. The monoisotopic (exact) mass is 219 g/mol. The van der Waals surface area contributed by atoms with Crippen molar-refractivity contribution in [2.75, 3.05) is 19.7 Å². The van der Waals surface area contributed by atoms with Gasteiger partial charge in [0.2, 0.25) is 0 Å². The van der Waals surface area contributed by atoms with Gasteiger partial charge in [-0.2, -0.15) is 0 Å². The summed E-state index contributed by atoms with van der Waals surface area (Å²) in [5.41, 5.74) is 1.16. The lowest BCUT2D eigenvalue weighted by Gasteiger charge is -2.25. The van der Waals surface area contributed by atoms with E-state index in [1.54, 1.807) is 4.90 Å². The van der Waals surface area contributed by atoms with Gasteiger partial charge in [0, 0.05) is 6.54 Å². The van der Waals surface area contributed by atoms with E-state index in [0.717, 1.165) is 12.0 Å². The summed E-state index contributed by atoms with van der Waals surface area (Å²) in [5.74, 6) is -1.26. The van der Waals surface area contributed by atoms with Gasteiger partial charge in [0.1, 0.15) is 6.61 Å². The molecule has 0 aliphatic carbocycles. The van der Waals surface area contributed by atoms with Crippen LogP contribution < -0.4 is 0 Å². The molecule has 84 valence electrons. The summed E-state index contributed by atoms with van der Waals surface area (Å²) in [5, 5.41) is 0. The molecule has 1 aliphatic heterocycles. The van der Waals surface area contributed by atoms with E-state index in [9.17, 15) is 9.59 Å².